The first-order valence-electron chi connectivity index (χ1n) is 19.4. The first kappa shape index (κ1) is 32.7. The second-order valence-electron chi connectivity index (χ2n) is 14.9. The molecule has 57 heavy (non-hydrogen) atoms. The Morgan fingerprint density at radius 2 is 0.912 bits per heavy atom. The van der Waals surface area contributed by atoms with Gasteiger partial charge in [-0.25, -0.2) is 0 Å². The van der Waals surface area contributed by atoms with Crippen molar-refractivity contribution in [3.8, 4) is 22.3 Å². The molecular weight excluding hydrogens is 719 g/mol. The maximum Gasteiger partial charge on any atom is 0.143 e. The lowest BCUT2D eigenvalue weighted by Crippen LogP contribution is -2.54. The third-order valence-corrected chi connectivity index (χ3v) is 12.9. The second-order valence-corrected chi connectivity index (χ2v) is 15.9. The lowest BCUT2D eigenvalue weighted by Gasteiger charge is -2.39. The summed E-state index contributed by atoms with van der Waals surface area (Å²) in [6.45, 7) is 0. The van der Waals surface area contributed by atoms with Gasteiger partial charge in [0.2, 0.25) is 0 Å². The first-order chi connectivity index (χ1) is 28.2. The number of furan rings is 2. The van der Waals surface area contributed by atoms with Crippen molar-refractivity contribution in [2.75, 3.05) is 0 Å². The van der Waals surface area contributed by atoms with Crippen molar-refractivity contribution >= 4 is 75.4 Å². The molecule has 272 valence electrons. The summed E-state index contributed by atoms with van der Waals surface area (Å²) in [5, 5.41) is 18.6. The second kappa shape index (κ2) is 13.0. The highest BCUT2D eigenvalue weighted by molar-refractivity contribution is 7.26. The molecule has 2 atom stereocenters. The van der Waals surface area contributed by atoms with Crippen LogP contribution in [0.5, 0.6) is 0 Å². The maximum absolute atomic E-state index is 6.99. The van der Waals surface area contributed by atoms with Crippen molar-refractivity contribution in [1.82, 2.24) is 16.0 Å². The SMILES string of the molecule is c1ccc(C2NC(c3ccccc3)NC(c3cccc4c3sc3c(-c5cccc6c5oc5c(-c7ccc8c(c7)oc7ccccc78)cccc56)cccc34)N2)cc1. The van der Waals surface area contributed by atoms with Crippen LogP contribution in [-0.2, 0) is 0 Å². The number of thiophene rings is 1. The molecule has 1 aliphatic heterocycles. The van der Waals surface area contributed by atoms with Crippen molar-refractivity contribution in [2.45, 2.75) is 18.5 Å². The summed E-state index contributed by atoms with van der Waals surface area (Å²) in [5.41, 5.74) is 11.6. The monoisotopic (exact) mass is 753 g/mol. The summed E-state index contributed by atoms with van der Waals surface area (Å²) >= 11 is 1.86. The highest BCUT2D eigenvalue weighted by Crippen LogP contribution is 2.46. The van der Waals surface area contributed by atoms with E-state index in [1.165, 1.54) is 42.4 Å². The molecule has 0 saturated carbocycles. The van der Waals surface area contributed by atoms with Crippen LogP contribution >= 0.6 is 11.3 Å². The number of fused-ring (bicyclic) bond motifs is 9. The Kier molecular flexibility index (Phi) is 7.46. The smallest absolute Gasteiger partial charge is 0.143 e. The number of rotatable bonds is 5. The molecule has 0 bridgehead atoms. The fraction of sp³-hybridized carbons (Fsp3) is 0.0588. The molecule has 1 fully saturated rings. The largest absolute Gasteiger partial charge is 0.456 e. The Morgan fingerprint density at radius 1 is 0.368 bits per heavy atom. The zero-order valence-corrected chi connectivity index (χ0v) is 31.5. The molecule has 1 aliphatic rings. The zero-order valence-electron chi connectivity index (χ0n) is 30.7. The van der Waals surface area contributed by atoms with Crippen LogP contribution in [0.15, 0.2) is 185 Å². The van der Waals surface area contributed by atoms with Gasteiger partial charge in [0.25, 0.3) is 0 Å². The minimum atomic E-state index is -0.0992. The number of hydrogen-bond acceptors (Lipinski definition) is 6. The number of benzene rings is 8. The molecule has 0 spiro atoms. The first-order valence-corrected chi connectivity index (χ1v) is 20.3. The Balaban J connectivity index is 0.988. The molecule has 8 aromatic carbocycles. The fourth-order valence-electron chi connectivity index (χ4n) is 8.93. The Labute approximate surface area is 332 Å². The van der Waals surface area contributed by atoms with Crippen molar-refractivity contribution in [2.24, 2.45) is 0 Å². The van der Waals surface area contributed by atoms with E-state index < -0.39 is 0 Å². The highest BCUT2D eigenvalue weighted by atomic mass is 32.1. The van der Waals surface area contributed by atoms with Crippen LogP contribution in [-0.4, -0.2) is 0 Å². The van der Waals surface area contributed by atoms with E-state index >= 15 is 0 Å². The van der Waals surface area contributed by atoms with E-state index in [2.05, 4.69) is 180 Å². The van der Waals surface area contributed by atoms with E-state index in [4.69, 9.17) is 8.83 Å². The predicted molar refractivity (Wildman–Crippen MR) is 235 cm³/mol. The topological polar surface area (TPSA) is 62.4 Å². The molecule has 11 aromatic rings. The van der Waals surface area contributed by atoms with Gasteiger partial charge in [0.15, 0.2) is 0 Å². The molecule has 1 saturated heterocycles. The minimum Gasteiger partial charge on any atom is -0.456 e. The molecule has 2 unspecified atom stereocenters. The van der Waals surface area contributed by atoms with Gasteiger partial charge in [-0.2, -0.15) is 0 Å². The van der Waals surface area contributed by atoms with Crippen molar-refractivity contribution in [3.63, 3.8) is 0 Å². The van der Waals surface area contributed by atoms with Crippen LogP contribution in [0.3, 0.4) is 0 Å². The lowest BCUT2D eigenvalue weighted by molar-refractivity contribution is 0.204. The molecule has 0 aliphatic carbocycles. The number of nitrogens with one attached hydrogen (secondary N) is 3. The number of hydrogen-bond donors (Lipinski definition) is 3. The van der Waals surface area contributed by atoms with Gasteiger partial charge >= 0.3 is 0 Å². The van der Waals surface area contributed by atoms with E-state index in [9.17, 15) is 0 Å². The van der Waals surface area contributed by atoms with Gasteiger partial charge in [-0.15, -0.1) is 11.3 Å². The molecule has 0 amide bonds. The highest BCUT2D eigenvalue weighted by Gasteiger charge is 2.31. The summed E-state index contributed by atoms with van der Waals surface area (Å²) < 4.78 is 15.8. The van der Waals surface area contributed by atoms with Crippen LogP contribution in [0.1, 0.15) is 35.2 Å². The summed E-state index contributed by atoms with van der Waals surface area (Å²) in [5.74, 6) is 0. The fourth-order valence-corrected chi connectivity index (χ4v) is 10.3. The van der Waals surface area contributed by atoms with E-state index in [0.717, 1.165) is 60.6 Å². The average Bonchev–Trinajstić information content (AvgIpc) is 3.98. The third kappa shape index (κ3) is 5.27. The van der Waals surface area contributed by atoms with E-state index in [1.54, 1.807) is 0 Å². The Hall–Kier alpha value is -6.54. The molecule has 3 N–H and O–H groups in total. The van der Waals surface area contributed by atoms with Gasteiger partial charge in [0.05, 0.1) is 18.5 Å². The van der Waals surface area contributed by atoms with Crippen LogP contribution in [0, 0.1) is 0 Å². The summed E-state index contributed by atoms with van der Waals surface area (Å²) in [6.07, 6.45) is -0.184. The van der Waals surface area contributed by atoms with E-state index in [0.29, 0.717) is 0 Å². The molecule has 5 nitrogen and oxygen atoms in total. The van der Waals surface area contributed by atoms with Gasteiger partial charge in [0, 0.05) is 64.0 Å². The van der Waals surface area contributed by atoms with Crippen LogP contribution < -0.4 is 16.0 Å². The summed E-state index contributed by atoms with van der Waals surface area (Å²) in [4.78, 5) is 0. The zero-order chi connectivity index (χ0) is 37.5. The predicted octanol–water partition coefficient (Wildman–Crippen LogP) is 13.4. The molecule has 0 radical (unpaired) electrons. The molecule has 12 rings (SSSR count). The number of para-hydroxylation sites is 3. The van der Waals surface area contributed by atoms with Crippen LogP contribution in [0.4, 0.5) is 0 Å². The van der Waals surface area contributed by atoms with Crippen molar-refractivity contribution < 1.29 is 8.83 Å². The van der Waals surface area contributed by atoms with Crippen LogP contribution in [0.2, 0.25) is 0 Å². The summed E-state index contributed by atoms with van der Waals surface area (Å²) in [7, 11) is 0. The molecule has 3 aromatic heterocycles. The Morgan fingerprint density at radius 3 is 1.65 bits per heavy atom. The van der Waals surface area contributed by atoms with Gasteiger partial charge in [0.1, 0.15) is 22.3 Å². The normalized spacial score (nSPS) is 17.4. The lowest BCUT2D eigenvalue weighted by atomic mass is 9.98. The van der Waals surface area contributed by atoms with E-state index in [1.807, 2.05) is 23.5 Å². The van der Waals surface area contributed by atoms with Crippen LogP contribution in [0.25, 0.3) is 86.3 Å². The molecular formula is C51H35N3O2S. The standard InChI is InChI=1S/C51H35N3O2S/c1-3-13-30(14-4-1)49-52-50(31-15-5-2-6-16-31)54-51(53-49)42-25-12-24-41-40-23-11-22-39(47(40)57-48(41)42)38-21-10-20-37-36-19-9-18-33(45(36)56-46(37)38)32-27-28-35-34-17-7-8-26-43(34)55-44(35)29-32/h1-29,49-54H. The summed E-state index contributed by atoms with van der Waals surface area (Å²) in [6, 6.07) is 62.4. The van der Waals surface area contributed by atoms with Crippen molar-refractivity contribution in [3.05, 3.63) is 193 Å². The van der Waals surface area contributed by atoms with Gasteiger partial charge in [-0.1, -0.05) is 158 Å². The quantitative estimate of drug-likeness (QED) is 0.163. The molecule has 4 heterocycles. The maximum atomic E-state index is 6.99. The van der Waals surface area contributed by atoms with Crippen molar-refractivity contribution in [1.29, 1.82) is 0 Å². The third-order valence-electron chi connectivity index (χ3n) is 11.6. The van der Waals surface area contributed by atoms with Gasteiger partial charge in [-0.3, -0.25) is 16.0 Å². The Bertz CT molecular complexity index is 3260. The average molecular weight is 754 g/mol. The van der Waals surface area contributed by atoms with Gasteiger partial charge in [-0.05, 0) is 34.9 Å². The molecule has 6 heteroatoms. The van der Waals surface area contributed by atoms with Gasteiger partial charge < -0.3 is 8.83 Å². The van der Waals surface area contributed by atoms with E-state index in [-0.39, 0.29) is 18.5 Å². The minimum absolute atomic E-state index is 0.0425.